The molecule has 0 saturated carbocycles. The fraction of sp³-hybridized carbons (Fsp3) is 0.417. The molecule has 0 fully saturated rings. The molecule has 2 aromatic rings. The third-order valence-corrected chi connectivity index (χ3v) is 5.37. The Morgan fingerprint density at radius 1 is 1.45 bits per heavy atom. The number of thiophene rings is 1. The highest BCUT2D eigenvalue weighted by atomic mass is 32.2. The quantitative estimate of drug-likeness (QED) is 0.681. The van der Waals surface area contributed by atoms with Crippen LogP contribution in [0.3, 0.4) is 0 Å². The van der Waals surface area contributed by atoms with Crippen LogP contribution in [0.4, 0.5) is 0 Å². The van der Waals surface area contributed by atoms with Crippen molar-refractivity contribution in [2.75, 3.05) is 13.1 Å². The number of nitrogens with zero attached hydrogens (tertiary/aromatic N) is 1. The van der Waals surface area contributed by atoms with Gasteiger partial charge in [-0.15, -0.1) is 11.3 Å². The molecule has 0 aliphatic rings. The molecule has 0 aromatic carbocycles. The predicted molar refractivity (Wildman–Crippen MR) is 79.2 cm³/mol. The smallest absolute Gasteiger partial charge is 0.241 e. The highest BCUT2D eigenvalue weighted by molar-refractivity contribution is 7.89. The van der Waals surface area contributed by atoms with Crippen LogP contribution in [0.15, 0.2) is 28.9 Å². The number of hydrogen-bond acceptors (Lipinski definition) is 5. The van der Waals surface area contributed by atoms with E-state index in [0.717, 1.165) is 17.1 Å². The minimum atomic E-state index is -3.45. The van der Waals surface area contributed by atoms with Crippen molar-refractivity contribution in [1.82, 2.24) is 20.0 Å². The normalized spacial score (nSPS) is 11.8. The van der Waals surface area contributed by atoms with Crippen molar-refractivity contribution >= 4 is 21.4 Å². The summed E-state index contributed by atoms with van der Waals surface area (Å²) in [7, 11) is -3.45. The van der Waals surface area contributed by atoms with E-state index in [1.807, 2.05) is 6.92 Å². The number of hydrogen-bond donors (Lipinski definition) is 3. The zero-order valence-corrected chi connectivity index (χ0v) is 12.9. The molecule has 2 rings (SSSR count). The Morgan fingerprint density at radius 3 is 3.00 bits per heavy atom. The van der Waals surface area contributed by atoms with Crippen LogP contribution in [0.25, 0.3) is 0 Å². The van der Waals surface area contributed by atoms with Crippen LogP contribution in [0, 0.1) is 0 Å². The first-order chi connectivity index (χ1) is 9.63. The van der Waals surface area contributed by atoms with Crippen LogP contribution in [0.1, 0.15) is 17.5 Å². The first-order valence-electron chi connectivity index (χ1n) is 6.37. The maximum atomic E-state index is 12.2. The summed E-state index contributed by atoms with van der Waals surface area (Å²) in [6, 6.07) is 1.65. The third-order valence-electron chi connectivity index (χ3n) is 2.77. The van der Waals surface area contributed by atoms with Gasteiger partial charge in [0.2, 0.25) is 10.0 Å². The first-order valence-corrected chi connectivity index (χ1v) is 8.73. The number of nitrogens with one attached hydrogen (secondary N) is 3. The van der Waals surface area contributed by atoms with Gasteiger partial charge in [0.15, 0.2) is 0 Å². The lowest BCUT2D eigenvalue weighted by molar-refractivity contribution is 0.579. The van der Waals surface area contributed by atoms with Crippen molar-refractivity contribution in [2.45, 2.75) is 24.8 Å². The van der Waals surface area contributed by atoms with E-state index < -0.39 is 10.0 Å². The van der Waals surface area contributed by atoms with Gasteiger partial charge in [0.1, 0.15) is 0 Å². The molecule has 8 heteroatoms. The first kappa shape index (κ1) is 15.2. The number of rotatable bonds is 8. The lowest BCUT2D eigenvalue weighted by Gasteiger charge is -2.07. The SMILES string of the molecule is CCNCc1sccc1S(=O)(=O)NCCc1cnc[nH]1. The highest BCUT2D eigenvalue weighted by Crippen LogP contribution is 2.21. The molecule has 0 spiro atoms. The number of imidazole rings is 1. The molecule has 110 valence electrons. The Kier molecular flexibility index (Phi) is 5.30. The van der Waals surface area contributed by atoms with Gasteiger partial charge >= 0.3 is 0 Å². The summed E-state index contributed by atoms with van der Waals surface area (Å²) in [6.45, 7) is 3.72. The average Bonchev–Trinajstić information content (AvgIpc) is 3.07. The second kappa shape index (κ2) is 6.98. The van der Waals surface area contributed by atoms with E-state index in [2.05, 4.69) is 20.0 Å². The number of H-pyrrole nitrogens is 1. The van der Waals surface area contributed by atoms with Gasteiger partial charge in [0.25, 0.3) is 0 Å². The molecule has 0 unspecified atom stereocenters. The van der Waals surface area contributed by atoms with Crippen molar-refractivity contribution in [2.24, 2.45) is 0 Å². The standard InChI is InChI=1S/C12H18N4O2S2/c1-2-13-8-11-12(4-6-19-11)20(17,18)16-5-3-10-7-14-9-15-10/h4,6-7,9,13,16H,2-3,5,8H2,1H3,(H,14,15). The summed E-state index contributed by atoms with van der Waals surface area (Å²) in [6.07, 6.45) is 3.86. The van der Waals surface area contributed by atoms with E-state index in [1.165, 1.54) is 11.3 Å². The van der Waals surface area contributed by atoms with Crippen LogP contribution in [0.5, 0.6) is 0 Å². The zero-order chi connectivity index (χ0) is 14.4. The van der Waals surface area contributed by atoms with E-state index in [9.17, 15) is 8.42 Å². The highest BCUT2D eigenvalue weighted by Gasteiger charge is 2.18. The second-order valence-corrected chi connectivity index (χ2v) is 6.95. The van der Waals surface area contributed by atoms with Crippen LogP contribution in [0.2, 0.25) is 0 Å². The summed E-state index contributed by atoms with van der Waals surface area (Å²) in [5.41, 5.74) is 0.908. The van der Waals surface area contributed by atoms with Crippen LogP contribution < -0.4 is 10.0 Å². The monoisotopic (exact) mass is 314 g/mol. The summed E-state index contributed by atoms with van der Waals surface area (Å²) in [5.74, 6) is 0. The van der Waals surface area contributed by atoms with Crippen molar-refractivity contribution in [1.29, 1.82) is 0 Å². The summed E-state index contributed by atoms with van der Waals surface area (Å²) in [5, 5.41) is 4.95. The maximum absolute atomic E-state index is 12.2. The Morgan fingerprint density at radius 2 is 2.30 bits per heavy atom. The molecule has 0 amide bonds. The van der Waals surface area contributed by atoms with Gasteiger partial charge in [0, 0.05) is 36.3 Å². The van der Waals surface area contributed by atoms with E-state index >= 15 is 0 Å². The van der Waals surface area contributed by atoms with E-state index in [0.29, 0.717) is 24.4 Å². The topological polar surface area (TPSA) is 86.9 Å². The number of aromatic nitrogens is 2. The molecule has 0 radical (unpaired) electrons. The molecule has 0 bridgehead atoms. The van der Waals surface area contributed by atoms with Gasteiger partial charge in [-0.05, 0) is 18.0 Å². The van der Waals surface area contributed by atoms with Gasteiger partial charge < -0.3 is 10.3 Å². The van der Waals surface area contributed by atoms with Gasteiger partial charge in [-0.25, -0.2) is 18.1 Å². The molecule has 0 atom stereocenters. The van der Waals surface area contributed by atoms with Crippen molar-refractivity contribution in [3.05, 3.63) is 34.5 Å². The molecule has 2 aromatic heterocycles. The fourth-order valence-electron chi connectivity index (χ4n) is 1.75. The molecule has 6 nitrogen and oxygen atoms in total. The van der Waals surface area contributed by atoms with Gasteiger partial charge in [0.05, 0.1) is 11.2 Å². The lowest BCUT2D eigenvalue weighted by Crippen LogP contribution is -2.27. The molecular formula is C12H18N4O2S2. The van der Waals surface area contributed by atoms with Crippen LogP contribution in [-0.4, -0.2) is 31.5 Å². The molecule has 20 heavy (non-hydrogen) atoms. The van der Waals surface area contributed by atoms with Crippen LogP contribution in [-0.2, 0) is 23.0 Å². The van der Waals surface area contributed by atoms with Gasteiger partial charge in [-0.3, -0.25) is 0 Å². The molecule has 0 saturated heterocycles. The van der Waals surface area contributed by atoms with Gasteiger partial charge in [-0.2, -0.15) is 0 Å². The third kappa shape index (κ3) is 3.89. The molecule has 0 aliphatic heterocycles. The minimum absolute atomic E-state index is 0.348. The Bertz CT molecular complexity index is 620. The van der Waals surface area contributed by atoms with Crippen molar-refractivity contribution in [3.63, 3.8) is 0 Å². The predicted octanol–water partition coefficient (Wildman–Crippen LogP) is 1.10. The number of aromatic amines is 1. The van der Waals surface area contributed by atoms with Gasteiger partial charge in [-0.1, -0.05) is 6.92 Å². The Hall–Kier alpha value is -1.22. The van der Waals surface area contributed by atoms with E-state index in [1.54, 1.807) is 24.0 Å². The molecule has 0 aliphatic carbocycles. The van der Waals surface area contributed by atoms with E-state index in [4.69, 9.17) is 0 Å². The summed E-state index contributed by atoms with van der Waals surface area (Å²) in [4.78, 5) is 8.04. The number of sulfonamides is 1. The zero-order valence-electron chi connectivity index (χ0n) is 11.2. The Balaban J connectivity index is 1.97. The molecule has 3 N–H and O–H groups in total. The van der Waals surface area contributed by atoms with Crippen molar-refractivity contribution < 1.29 is 8.42 Å². The lowest BCUT2D eigenvalue weighted by atomic mass is 10.3. The second-order valence-electron chi connectivity index (χ2n) is 4.21. The summed E-state index contributed by atoms with van der Waals surface area (Å²) < 4.78 is 27.1. The maximum Gasteiger partial charge on any atom is 0.241 e. The largest absolute Gasteiger partial charge is 0.348 e. The molecule has 2 heterocycles. The summed E-state index contributed by atoms with van der Waals surface area (Å²) >= 11 is 1.45. The van der Waals surface area contributed by atoms with E-state index in [-0.39, 0.29) is 0 Å². The fourth-order valence-corrected chi connectivity index (χ4v) is 4.20. The average molecular weight is 314 g/mol. The Labute approximate surface area is 122 Å². The van der Waals surface area contributed by atoms with Crippen LogP contribution >= 0.6 is 11.3 Å². The van der Waals surface area contributed by atoms with Crippen molar-refractivity contribution in [3.8, 4) is 0 Å². The molecular weight excluding hydrogens is 296 g/mol. The minimum Gasteiger partial charge on any atom is -0.348 e.